The lowest BCUT2D eigenvalue weighted by atomic mass is 9.90. The molecule has 3 heterocycles. The van der Waals surface area contributed by atoms with E-state index in [9.17, 15) is 0 Å². The molecule has 4 heteroatoms. The number of hydrogen-bond acceptors (Lipinski definition) is 3. The third-order valence-electron chi connectivity index (χ3n) is 11.1. The molecule has 0 fully saturated rings. The minimum absolute atomic E-state index is 0.892. The van der Waals surface area contributed by atoms with Gasteiger partial charge in [0, 0.05) is 44.2 Å². The van der Waals surface area contributed by atoms with Crippen LogP contribution in [0.4, 0.5) is 34.1 Å². The van der Waals surface area contributed by atoms with E-state index in [0.29, 0.717) is 0 Å². The molecule has 0 spiro atoms. The van der Waals surface area contributed by atoms with Gasteiger partial charge in [0.1, 0.15) is 11.2 Å². The Hall–Kier alpha value is -7.04. The van der Waals surface area contributed by atoms with Crippen molar-refractivity contribution in [1.29, 1.82) is 0 Å². The van der Waals surface area contributed by atoms with E-state index in [0.717, 1.165) is 67.1 Å². The molecule has 1 aliphatic heterocycles. The van der Waals surface area contributed by atoms with Gasteiger partial charge < -0.3 is 18.8 Å². The van der Waals surface area contributed by atoms with E-state index in [4.69, 9.17) is 4.42 Å². The highest BCUT2D eigenvalue weighted by atomic mass is 16.3. The second-order valence-electron chi connectivity index (χ2n) is 14.2. The predicted molar refractivity (Wildman–Crippen MR) is 226 cm³/mol. The number of rotatable bonds is 4. The number of hydrogen-bond donors (Lipinski definition) is 0. The lowest BCUT2D eigenvalue weighted by molar-refractivity contribution is 0.669. The molecule has 4 nitrogen and oxygen atoms in total. The van der Waals surface area contributed by atoms with E-state index >= 15 is 0 Å². The minimum Gasteiger partial charge on any atom is -0.456 e. The number of furan rings is 1. The van der Waals surface area contributed by atoms with E-state index < -0.39 is 0 Å². The summed E-state index contributed by atoms with van der Waals surface area (Å²) in [6.45, 7) is 4.46. The largest absolute Gasteiger partial charge is 0.456 e. The fraction of sp³-hybridized carbons (Fsp3) is 0.0400. The highest BCUT2D eigenvalue weighted by molar-refractivity contribution is 6.23. The molecule has 0 unspecified atom stereocenters. The summed E-state index contributed by atoms with van der Waals surface area (Å²) in [6, 6.07) is 63.4. The van der Waals surface area contributed by atoms with Crippen LogP contribution in [0.5, 0.6) is 0 Å². The molecule has 0 saturated carbocycles. The van der Waals surface area contributed by atoms with E-state index in [-0.39, 0.29) is 0 Å². The van der Waals surface area contributed by atoms with Crippen LogP contribution in [0.1, 0.15) is 11.1 Å². The summed E-state index contributed by atoms with van der Waals surface area (Å²) in [5, 5.41) is 4.64. The van der Waals surface area contributed by atoms with Gasteiger partial charge in [0.05, 0.1) is 33.8 Å². The summed E-state index contributed by atoms with van der Waals surface area (Å²) in [5.74, 6) is 0. The topological polar surface area (TPSA) is 24.6 Å². The molecule has 2 aromatic heterocycles. The Bertz CT molecular complexity index is 3080. The van der Waals surface area contributed by atoms with Crippen LogP contribution in [0.3, 0.4) is 0 Å². The quantitative estimate of drug-likeness (QED) is 0.183. The molecule has 8 aromatic carbocycles. The van der Waals surface area contributed by atoms with E-state index in [1.165, 1.54) is 38.7 Å². The van der Waals surface area contributed by atoms with Crippen LogP contribution in [-0.2, 0) is 0 Å². The second kappa shape index (κ2) is 11.7. The van der Waals surface area contributed by atoms with Crippen LogP contribution >= 0.6 is 0 Å². The number of benzene rings is 8. The average Bonchev–Trinajstić information content (AvgIpc) is 3.76. The zero-order valence-corrected chi connectivity index (χ0v) is 30.0. The van der Waals surface area contributed by atoms with Crippen molar-refractivity contribution in [1.82, 2.24) is 4.57 Å². The Morgan fingerprint density at radius 2 is 1.02 bits per heavy atom. The second-order valence-corrected chi connectivity index (χ2v) is 14.2. The Kier molecular flexibility index (Phi) is 6.65. The molecule has 0 atom stereocenters. The summed E-state index contributed by atoms with van der Waals surface area (Å²) >= 11 is 0. The molecule has 54 heavy (non-hydrogen) atoms. The third kappa shape index (κ3) is 4.37. The van der Waals surface area contributed by atoms with Crippen LogP contribution in [0.15, 0.2) is 180 Å². The first-order valence-electron chi connectivity index (χ1n) is 18.5. The van der Waals surface area contributed by atoms with Crippen molar-refractivity contribution in [3.63, 3.8) is 0 Å². The fourth-order valence-corrected chi connectivity index (χ4v) is 8.78. The van der Waals surface area contributed by atoms with Gasteiger partial charge in [-0.3, -0.25) is 0 Å². The number of nitrogens with zero attached hydrogens (tertiary/aromatic N) is 3. The maximum Gasteiger partial charge on any atom is 0.135 e. The van der Waals surface area contributed by atoms with E-state index in [2.05, 4.69) is 192 Å². The summed E-state index contributed by atoms with van der Waals surface area (Å²) in [7, 11) is 0. The Morgan fingerprint density at radius 1 is 0.407 bits per heavy atom. The molecule has 0 N–H and O–H groups in total. The molecular formula is C50H35N3O. The van der Waals surface area contributed by atoms with Crippen molar-refractivity contribution < 1.29 is 4.42 Å². The zero-order chi connectivity index (χ0) is 35.9. The van der Waals surface area contributed by atoms with Gasteiger partial charge in [0.25, 0.3) is 0 Å². The first-order valence-corrected chi connectivity index (χ1v) is 18.5. The summed E-state index contributed by atoms with van der Waals surface area (Å²) in [6.07, 6.45) is 0. The molecule has 0 radical (unpaired) electrons. The highest BCUT2D eigenvalue weighted by Gasteiger charge is 2.36. The van der Waals surface area contributed by atoms with Crippen molar-refractivity contribution in [3.05, 3.63) is 187 Å². The number of aryl methyl sites for hydroxylation is 2. The lowest BCUT2D eigenvalue weighted by Crippen LogP contribution is -2.25. The molecule has 10 aromatic rings. The Labute approximate surface area is 313 Å². The summed E-state index contributed by atoms with van der Waals surface area (Å²) in [5.41, 5.74) is 17.0. The van der Waals surface area contributed by atoms with Gasteiger partial charge in [-0.15, -0.1) is 0 Å². The standard InChI is InChI=1S/C50H35N3O/c1-32-15-9-10-20-37(32)47-33(2)25-27-43-49(47)52(34-16-5-3-6-17-34)44-29-28-42-48(50(44)53(43)35-18-7-4-8-19-35)39-22-11-13-23-41(39)51(42)36-26-30-46-40(31-36)38-21-12-14-24-45(38)54-46/h3-31H,1-2H3. The first kappa shape index (κ1) is 30.6. The normalized spacial score (nSPS) is 12.6. The highest BCUT2D eigenvalue weighted by Crippen LogP contribution is 2.60. The number of anilines is 6. The van der Waals surface area contributed by atoms with Gasteiger partial charge in [-0.2, -0.15) is 0 Å². The maximum absolute atomic E-state index is 6.26. The lowest BCUT2D eigenvalue weighted by Gasteiger charge is -2.42. The monoisotopic (exact) mass is 693 g/mol. The predicted octanol–water partition coefficient (Wildman–Crippen LogP) is 14.2. The first-order chi connectivity index (χ1) is 26.7. The number of aromatic nitrogens is 1. The molecule has 0 aliphatic carbocycles. The van der Waals surface area contributed by atoms with Gasteiger partial charge in [-0.1, -0.05) is 103 Å². The Balaban J connectivity index is 1.28. The van der Waals surface area contributed by atoms with Gasteiger partial charge >= 0.3 is 0 Å². The number of fused-ring (bicyclic) bond motifs is 9. The molecule has 0 bridgehead atoms. The SMILES string of the molecule is Cc1ccccc1-c1c(C)ccc2c1N(c1ccccc1)c1ccc3c(c1N2c1ccccc1)c1ccccc1n3-c1ccc2oc3ccccc3c2c1. The van der Waals surface area contributed by atoms with E-state index in [1.54, 1.807) is 0 Å². The molecule has 256 valence electrons. The summed E-state index contributed by atoms with van der Waals surface area (Å²) < 4.78 is 8.68. The molecule has 1 aliphatic rings. The van der Waals surface area contributed by atoms with Crippen LogP contribution in [0.25, 0.3) is 60.6 Å². The molecule has 11 rings (SSSR count). The van der Waals surface area contributed by atoms with Crippen LogP contribution < -0.4 is 9.80 Å². The van der Waals surface area contributed by atoms with Crippen LogP contribution in [0.2, 0.25) is 0 Å². The van der Waals surface area contributed by atoms with Crippen molar-refractivity contribution in [2.24, 2.45) is 0 Å². The van der Waals surface area contributed by atoms with Crippen molar-refractivity contribution in [3.8, 4) is 16.8 Å². The smallest absolute Gasteiger partial charge is 0.135 e. The number of para-hydroxylation sites is 4. The third-order valence-corrected chi connectivity index (χ3v) is 11.1. The zero-order valence-electron chi connectivity index (χ0n) is 30.0. The molecular weight excluding hydrogens is 659 g/mol. The van der Waals surface area contributed by atoms with Crippen LogP contribution in [-0.4, -0.2) is 4.57 Å². The Morgan fingerprint density at radius 3 is 1.80 bits per heavy atom. The van der Waals surface area contributed by atoms with Crippen molar-refractivity contribution in [2.45, 2.75) is 13.8 Å². The summed E-state index contributed by atoms with van der Waals surface area (Å²) in [4.78, 5) is 4.99. The van der Waals surface area contributed by atoms with Gasteiger partial charge in [-0.25, -0.2) is 0 Å². The average molecular weight is 694 g/mol. The van der Waals surface area contributed by atoms with Crippen molar-refractivity contribution in [2.75, 3.05) is 9.80 Å². The van der Waals surface area contributed by atoms with E-state index in [1.807, 2.05) is 12.1 Å². The van der Waals surface area contributed by atoms with Gasteiger partial charge in [0.2, 0.25) is 0 Å². The van der Waals surface area contributed by atoms with Gasteiger partial charge in [0.15, 0.2) is 0 Å². The van der Waals surface area contributed by atoms with Crippen LogP contribution in [0, 0.1) is 13.8 Å². The minimum atomic E-state index is 0.892. The van der Waals surface area contributed by atoms with Crippen molar-refractivity contribution >= 4 is 77.9 Å². The molecule has 0 amide bonds. The fourth-order valence-electron chi connectivity index (χ4n) is 8.78. The van der Waals surface area contributed by atoms with Gasteiger partial charge in [-0.05, 0) is 103 Å². The molecule has 0 saturated heterocycles. The maximum atomic E-state index is 6.26.